The minimum atomic E-state index is -0.591. The van der Waals surface area contributed by atoms with Crippen LogP contribution in [0.4, 0.5) is 22.7 Å². The zero-order chi connectivity index (χ0) is 45.3. The third-order valence-corrected chi connectivity index (χ3v) is 11.4. The Balaban J connectivity index is 1.10. The first-order valence-corrected chi connectivity index (χ1v) is 20.9. The summed E-state index contributed by atoms with van der Waals surface area (Å²) in [6.45, 7) is -0.877. The van der Waals surface area contributed by atoms with Crippen molar-refractivity contribution in [2.75, 3.05) is 52.2 Å². The highest BCUT2D eigenvalue weighted by molar-refractivity contribution is 8.19. The summed E-state index contributed by atoms with van der Waals surface area (Å²) in [6.07, 6.45) is 3.17. The van der Waals surface area contributed by atoms with Crippen molar-refractivity contribution >= 4 is 92.4 Å². The van der Waals surface area contributed by atoms with E-state index in [9.17, 15) is 29.4 Å². The monoisotopic (exact) mass is 900 g/mol. The molecule has 0 bridgehead atoms. The summed E-state index contributed by atoms with van der Waals surface area (Å²) in [6, 6.07) is 30.6. The molecule has 2 aliphatic heterocycles. The number of thioether (sulfide) groups is 2. The van der Waals surface area contributed by atoms with Gasteiger partial charge in [-0.1, -0.05) is 48.5 Å². The molecule has 5 aromatic carbocycles. The smallest absolute Gasteiger partial charge is 0.267 e. The largest absolute Gasteiger partial charge is 0.502 e. The van der Waals surface area contributed by atoms with E-state index in [2.05, 4.69) is 20.6 Å². The molecule has 0 aromatic heterocycles. The number of aromatic hydroxyl groups is 2. The molecule has 326 valence electrons. The first kappa shape index (κ1) is 44.4. The van der Waals surface area contributed by atoms with Gasteiger partial charge in [0, 0.05) is 0 Å². The quantitative estimate of drug-likeness (QED) is 0.0796. The highest BCUT2D eigenvalue weighted by atomic mass is 32.2. The zero-order valence-corrected chi connectivity index (χ0v) is 36.4. The fourth-order valence-electron chi connectivity index (χ4n) is 6.35. The third kappa shape index (κ3) is 10.1. The molecule has 5 aromatic rings. The van der Waals surface area contributed by atoms with Crippen LogP contribution in [-0.4, -0.2) is 95.5 Å². The number of ether oxygens (including phenoxy) is 4. The molecule has 0 spiro atoms. The Morgan fingerprint density at radius 3 is 1.22 bits per heavy atom. The molecule has 16 nitrogen and oxygen atoms in total. The number of nitrogens with zero attached hydrogens (tertiary/aromatic N) is 4. The van der Waals surface area contributed by atoms with Gasteiger partial charge in [0.25, 0.3) is 11.8 Å². The van der Waals surface area contributed by atoms with Gasteiger partial charge in [-0.05, 0) is 107 Å². The van der Waals surface area contributed by atoms with Crippen LogP contribution >= 0.6 is 23.5 Å². The Morgan fingerprint density at radius 1 is 0.562 bits per heavy atom. The van der Waals surface area contributed by atoms with Crippen molar-refractivity contribution in [1.29, 1.82) is 0 Å². The summed E-state index contributed by atoms with van der Waals surface area (Å²) in [5, 5.41) is 26.9. The number of nitrogens with one attached hydrogen (secondary N) is 2. The van der Waals surface area contributed by atoms with Crippen LogP contribution in [0.2, 0.25) is 0 Å². The van der Waals surface area contributed by atoms with Gasteiger partial charge in [0.1, 0.15) is 13.1 Å². The average Bonchev–Trinajstić information content (AvgIpc) is 3.73. The molecule has 2 aliphatic rings. The number of hydrogen-bond acceptors (Lipinski definition) is 14. The van der Waals surface area contributed by atoms with Crippen molar-refractivity contribution in [2.45, 2.75) is 0 Å². The number of benzene rings is 5. The van der Waals surface area contributed by atoms with Gasteiger partial charge in [0.05, 0.1) is 61.0 Å². The number of methoxy groups -OCH3 is 4. The number of amidine groups is 2. The normalized spacial score (nSPS) is 16.2. The molecule has 4 N–H and O–H groups in total. The minimum Gasteiger partial charge on any atom is -0.502 e. The SMILES string of the molecule is COc1cc(/C=C2\SC(=Nc3ccccc3)N(CC(=O)Nc3ccccc3NC(=O)CN3C(=O)/C(=C/c4cc(OC)c(O)c(OC)c4)SC3=Nc3ccccc3)C2=O)cc(OC)c1O. The maximum atomic E-state index is 14.0. The molecule has 2 saturated heterocycles. The summed E-state index contributed by atoms with van der Waals surface area (Å²) >= 11 is 2.13. The van der Waals surface area contributed by atoms with Gasteiger partial charge >= 0.3 is 0 Å². The summed E-state index contributed by atoms with van der Waals surface area (Å²) in [7, 11) is 5.58. The van der Waals surface area contributed by atoms with Crippen molar-refractivity contribution in [3.8, 4) is 34.5 Å². The Kier molecular flexibility index (Phi) is 13.9. The highest BCUT2D eigenvalue weighted by Crippen LogP contribution is 2.42. The number of rotatable bonds is 14. The molecule has 2 heterocycles. The molecule has 2 fully saturated rings. The van der Waals surface area contributed by atoms with Crippen molar-refractivity contribution in [1.82, 2.24) is 9.80 Å². The first-order valence-electron chi connectivity index (χ1n) is 19.3. The predicted octanol–water partition coefficient (Wildman–Crippen LogP) is 7.62. The minimum absolute atomic E-state index is 0.142. The molecule has 0 aliphatic carbocycles. The van der Waals surface area contributed by atoms with Crippen LogP contribution < -0.4 is 29.6 Å². The molecule has 0 saturated carbocycles. The second-order valence-corrected chi connectivity index (χ2v) is 15.7. The highest BCUT2D eigenvalue weighted by Gasteiger charge is 2.37. The molecular weight excluding hydrogens is 861 g/mol. The molecule has 7 rings (SSSR count). The maximum Gasteiger partial charge on any atom is 0.267 e. The summed E-state index contributed by atoms with van der Waals surface area (Å²) in [4.78, 5) is 67.8. The number of phenols is 2. The zero-order valence-electron chi connectivity index (χ0n) is 34.7. The number of anilines is 2. The average molecular weight is 901 g/mol. The van der Waals surface area contributed by atoms with Crippen molar-refractivity contribution < 1.29 is 48.3 Å². The van der Waals surface area contributed by atoms with Crippen LogP contribution in [0.25, 0.3) is 12.2 Å². The lowest BCUT2D eigenvalue weighted by molar-refractivity contribution is -0.126. The molecular formula is C46H40N6O10S2. The van der Waals surface area contributed by atoms with Gasteiger partial charge in [-0.3, -0.25) is 29.0 Å². The van der Waals surface area contributed by atoms with E-state index in [-0.39, 0.29) is 66.0 Å². The van der Waals surface area contributed by atoms with E-state index in [1.165, 1.54) is 38.2 Å². The number of amides is 4. The van der Waals surface area contributed by atoms with Gasteiger partial charge in [-0.2, -0.15) is 0 Å². The first-order chi connectivity index (χ1) is 31.0. The lowest BCUT2D eigenvalue weighted by Crippen LogP contribution is -2.38. The standard InChI is InChI=1S/C46H40N6O10S2/c1-59-33-19-27(20-34(60-2)41(33)55)23-37-43(57)51(45(63-37)47-29-13-7-5-8-14-29)25-39(53)49-31-17-11-12-18-32(31)50-40(54)26-52-44(58)38(64-46(52)48-30-15-9-6-10-16-30)24-28-21-35(61-3)42(56)36(22-28)62-4/h5-24,55-56H,25-26H2,1-4H3,(H,49,53)(H,50,54)/b37-23-,38-24-,47-45?,48-46?. The van der Waals surface area contributed by atoms with Crippen LogP contribution in [0.5, 0.6) is 34.5 Å². The molecule has 0 unspecified atom stereocenters. The Hall–Kier alpha value is -7.70. The number of hydrogen-bond donors (Lipinski definition) is 4. The lowest BCUT2D eigenvalue weighted by atomic mass is 10.1. The molecule has 0 radical (unpaired) electrons. The van der Waals surface area contributed by atoms with E-state index >= 15 is 0 Å². The summed E-state index contributed by atoms with van der Waals surface area (Å²) in [5.74, 6) is -2.00. The van der Waals surface area contributed by atoms with Crippen LogP contribution in [0.1, 0.15) is 11.1 Å². The topological polar surface area (TPSA) is 201 Å². The number of aliphatic imine (C=N–C) groups is 2. The molecule has 0 atom stereocenters. The van der Waals surface area contributed by atoms with E-state index < -0.39 is 36.7 Å². The van der Waals surface area contributed by atoms with Gasteiger partial charge < -0.3 is 39.8 Å². The van der Waals surface area contributed by atoms with Crippen molar-refractivity contribution in [3.05, 3.63) is 130 Å². The Labute approximate surface area is 375 Å². The van der Waals surface area contributed by atoms with Gasteiger partial charge in [-0.25, -0.2) is 9.98 Å². The lowest BCUT2D eigenvalue weighted by Gasteiger charge is -2.18. The Morgan fingerprint density at radius 2 is 0.891 bits per heavy atom. The molecule has 18 heteroatoms. The van der Waals surface area contributed by atoms with Crippen LogP contribution in [-0.2, 0) is 19.2 Å². The van der Waals surface area contributed by atoms with Gasteiger partial charge in [0.2, 0.25) is 23.3 Å². The number of phenolic OH excluding ortho intramolecular Hbond substituents is 2. The summed E-state index contributed by atoms with van der Waals surface area (Å²) in [5.41, 5.74) is 2.57. The van der Waals surface area contributed by atoms with E-state index in [1.807, 2.05) is 12.1 Å². The van der Waals surface area contributed by atoms with Crippen LogP contribution in [0, 0.1) is 0 Å². The van der Waals surface area contributed by atoms with E-state index in [0.717, 1.165) is 23.5 Å². The third-order valence-electron chi connectivity index (χ3n) is 9.42. The van der Waals surface area contributed by atoms with Gasteiger partial charge in [0.15, 0.2) is 33.3 Å². The second-order valence-electron chi connectivity index (χ2n) is 13.7. The van der Waals surface area contributed by atoms with Crippen LogP contribution in [0.3, 0.4) is 0 Å². The van der Waals surface area contributed by atoms with Crippen molar-refractivity contribution in [2.24, 2.45) is 9.98 Å². The predicted molar refractivity (Wildman–Crippen MR) is 248 cm³/mol. The maximum absolute atomic E-state index is 14.0. The van der Waals surface area contributed by atoms with Gasteiger partial charge in [-0.15, -0.1) is 0 Å². The number of carbonyl (C=O) groups excluding carboxylic acids is 4. The van der Waals surface area contributed by atoms with E-state index in [0.29, 0.717) is 22.5 Å². The van der Waals surface area contributed by atoms with E-state index in [1.54, 1.807) is 109 Å². The Bertz CT molecular complexity index is 2510. The number of para-hydroxylation sites is 4. The van der Waals surface area contributed by atoms with Crippen LogP contribution in [0.15, 0.2) is 129 Å². The fraction of sp³-hybridized carbons (Fsp3) is 0.130. The fourth-order valence-corrected chi connectivity index (χ4v) is 8.35. The van der Waals surface area contributed by atoms with Crippen molar-refractivity contribution in [3.63, 3.8) is 0 Å². The number of carbonyl (C=O) groups is 4. The van der Waals surface area contributed by atoms with E-state index in [4.69, 9.17) is 18.9 Å². The molecule has 64 heavy (non-hydrogen) atoms. The summed E-state index contributed by atoms with van der Waals surface area (Å²) < 4.78 is 21.1. The second kappa shape index (κ2) is 20.0. The molecule has 4 amide bonds.